The minimum absolute atomic E-state index is 0.0418. The molecule has 1 fully saturated rings. The summed E-state index contributed by atoms with van der Waals surface area (Å²) in [4.78, 5) is 12.0. The van der Waals surface area contributed by atoms with Crippen LogP contribution in [0.5, 0.6) is 0 Å². The third kappa shape index (κ3) is 3.83. The van der Waals surface area contributed by atoms with Gasteiger partial charge >= 0.3 is 0 Å². The number of carbonyl (C=O) groups excluding carboxylic acids is 1. The van der Waals surface area contributed by atoms with Crippen LogP contribution in [0, 0.1) is 3.57 Å². The third-order valence-corrected chi connectivity index (χ3v) is 4.29. The summed E-state index contributed by atoms with van der Waals surface area (Å²) >= 11 is 8.06. The van der Waals surface area contributed by atoms with Gasteiger partial charge in [-0.05, 0) is 66.6 Å². The number of halogens is 2. The van der Waals surface area contributed by atoms with Crippen molar-refractivity contribution in [3.8, 4) is 0 Å². The Hall–Kier alpha value is -0.330. The molecule has 98 valence electrons. The molecule has 1 aromatic rings. The van der Waals surface area contributed by atoms with Gasteiger partial charge in [0.2, 0.25) is 0 Å². The molecule has 2 N–H and O–H groups in total. The Balaban J connectivity index is 1.85. The first-order valence-electron chi connectivity index (χ1n) is 6.13. The van der Waals surface area contributed by atoms with Gasteiger partial charge in [0.15, 0.2) is 0 Å². The van der Waals surface area contributed by atoms with E-state index in [1.54, 1.807) is 12.1 Å². The lowest BCUT2D eigenvalue weighted by atomic mass is 10.1. The van der Waals surface area contributed by atoms with Gasteiger partial charge < -0.3 is 10.6 Å². The molecule has 0 bridgehead atoms. The number of benzene rings is 1. The number of rotatable bonds is 4. The van der Waals surface area contributed by atoms with E-state index >= 15 is 0 Å². The van der Waals surface area contributed by atoms with E-state index in [9.17, 15) is 4.79 Å². The van der Waals surface area contributed by atoms with E-state index in [1.165, 1.54) is 12.8 Å². The summed E-state index contributed by atoms with van der Waals surface area (Å²) in [7, 11) is 0. The van der Waals surface area contributed by atoms with Gasteiger partial charge in [-0.3, -0.25) is 4.79 Å². The second-order valence-corrected chi connectivity index (χ2v) is 6.06. The topological polar surface area (TPSA) is 41.1 Å². The zero-order valence-electron chi connectivity index (χ0n) is 10.0. The van der Waals surface area contributed by atoms with Crippen molar-refractivity contribution in [1.82, 2.24) is 10.6 Å². The standard InChI is InChI=1S/C13H16ClIN2O/c14-9-3-4-12(15)11(8-9)13(18)17-7-5-10-2-1-6-16-10/h3-4,8,10,16H,1-2,5-7H2,(H,17,18)/t10-/m1/s1. The van der Waals surface area contributed by atoms with Gasteiger partial charge in [-0.15, -0.1) is 0 Å². The maximum Gasteiger partial charge on any atom is 0.252 e. The van der Waals surface area contributed by atoms with Gasteiger partial charge in [0.05, 0.1) is 5.56 Å². The fourth-order valence-corrected chi connectivity index (χ4v) is 2.88. The zero-order chi connectivity index (χ0) is 13.0. The van der Waals surface area contributed by atoms with Crippen LogP contribution >= 0.6 is 34.2 Å². The van der Waals surface area contributed by atoms with Crippen molar-refractivity contribution in [3.05, 3.63) is 32.4 Å². The molecule has 1 atom stereocenters. The van der Waals surface area contributed by atoms with Crippen molar-refractivity contribution >= 4 is 40.1 Å². The van der Waals surface area contributed by atoms with Crippen LogP contribution in [0.2, 0.25) is 5.02 Å². The van der Waals surface area contributed by atoms with Crippen molar-refractivity contribution in [2.75, 3.05) is 13.1 Å². The highest BCUT2D eigenvalue weighted by Gasteiger charge is 2.15. The van der Waals surface area contributed by atoms with E-state index in [2.05, 4.69) is 33.2 Å². The van der Waals surface area contributed by atoms with Crippen LogP contribution < -0.4 is 10.6 Å². The summed E-state index contributed by atoms with van der Waals surface area (Å²) in [5.74, 6) is -0.0418. The Labute approximate surface area is 126 Å². The summed E-state index contributed by atoms with van der Waals surface area (Å²) in [5.41, 5.74) is 0.655. The average molecular weight is 379 g/mol. The average Bonchev–Trinajstić information content (AvgIpc) is 2.85. The van der Waals surface area contributed by atoms with Crippen molar-refractivity contribution in [1.29, 1.82) is 0 Å². The minimum Gasteiger partial charge on any atom is -0.352 e. The highest BCUT2D eigenvalue weighted by Crippen LogP contribution is 2.17. The first kappa shape index (κ1) is 14.1. The quantitative estimate of drug-likeness (QED) is 0.791. The molecule has 0 radical (unpaired) electrons. The van der Waals surface area contributed by atoms with Crippen LogP contribution in [0.25, 0.3) is 0 Å². The van der Waals surface area contributed by atoms with E-state index in [1.807, 2.05) is 6.07 Å². The smallest absolute Gasteiger partial charge is 0.252 e. The highest BCUT2D eigenvalue weighted by atomic mass is 127. The van der Waals surface area contributed by atoms with E-state index in [0.717, 1.165) is 16.5 Å². The van der Waals surface area contributed by atoms with Crippen LogP contribution in [-0.2, 0) is 0 Å². The molecule has 1 heterocycles. The maximum atomic E-state index is 12.0. The van der Waals surface area contributed by atoms with Gasteiger partial charge in [-0.1, -0.05) is 11.6 Å². The van der Waals surface area contributed by atoms with Crippen LogP contribution in [0.4, 0.5) is 0 Å². The lowest BCUT2D eigenvalue weighted by Gasteiger charge is -2.11. The lowest BCUT2D eigenvalue weighted by molar-refractivity contribution is 0.0951. The first-order chi connectivity index (χ1) is 8.66. The Morgan fingerprint density at radius 1 is 1.56 bits per heavy atom. The van der Waals surface area contributed by atoms with Crippen LogP contribution in [0.3, 0.4) is 0 Å². The monoisotopic (exact) mass is 378 g/mol. The predicted octanol–water partition coefficient (Wildman–Crippen LogP) is 2.82. The molecule has 3 nitrogen and oxygen atoms in total. The van der Waals surface area contributed by atoms with E-state index in [0.29, 0.717) is 23.2 Å². The molecular weight excluding hydrogens is 363 g/mol. The molecule has 0 spiro atoms. The van der Waals surface area contributed by atoms with Crippen molar-refractivity contribution in [2.45, 2.75) is 25.3 Å². The molecule has 0 saturated carbocycles. The van der Waals surface area contributed by atoms with Gasteiger partial charge in [-0.25, -0.2) is 0 Å². The molecule has 2 rings (SSSR count). The van der Waals surface area contributed by atoms with E-state index in [4.69, 9.17) is 11.6 Å². The SMILES string of the molecule is O=C(NCC[C@H]1CCCN1)c1cc(Cl)ccc1I. The van der Waals surface area contributed by atoms with Crippen molar-refractivity contribution in [2.24, 2.45) is 0 Å². The lowest BCUT2D eigenvalue weighted by Crippen LogP contribution is -2.30. The van der Waals surface area contributed by atoms with Gasteiger partial charge in [0, 0.05) is 21.2 Å². The third-order valence-electron chi connectivity index (χ3n) is 3.11. The second kappa shape index (κ2) is 6.73. The molecule has 1 amide bonds. The first-order valence-corrected chi connectivity index (χ1v) is 7.59. The molecular formula is C13H16ClIN2O. The highest BCUT2D eigenvalue weighted by molar-refractivity contribution is 14.1. The molecule has 18 heavy (non-hydrogen) atoms. The Kier molecular flexibility index (Phi) is 5.26. The normalized spacial score (nSPS) is 18.9. The molecule has 1 aliphatic heterocycles. The molecule has 1 aliphatic rings. The summed E-state index contributed by atoms with van der Waals surface area (Å²) < 4.78 is 0.925. The Bertz CT molecular complexity index is 433. The molecule has 5 heteroatoms. The number of hydrogen-bond donors (Lipinski definition) is 2. The predicted molar refractivity (Wildman–Crippen MR) is 82.1 cm³/mol. The van der Waals surface area contributed by atoms with Gasteiger partial charge in [0.25, 0.3) is 5.91 Å². The van der Waals surface area contributed by atoms with Gasteiger partial charge in [-0.2, -0.15) is 0 Å². The van der Waals surface area contributed by atoms with E-state index < -0.39 is 0 Å². The number of hydrogen-bond acceptors (Lipinski definition) is 2. The number of nitrogens with one attached hydrogen (secondary N) is 2. The fraction of sp³-hybridized carbons (Fsp3) is 0.462. The largest absolute Gasteiger partial charge is 0.352 e. The van der Waals surface area contributed by atoms with Crippen molar-refractivity contribution in [3.63, 3.8) is 0 Å². The molecule has 1 aromatic carbocycles. The Morgan fingerprint density at radius 2 is 2.39 bits per heavy atom. The number of carbonyl (C=O) groups is 1. The Morgan fingerprint density at radius 3 is 3.11 bits per heavy atom. The van der Waals surface area contributed by atoms with Crippen LogP contribution in [-0.4, -0.2) is 25.0 Å². The van der Waals surface area contributed by atoms with Crippen molar-refractivity contribution < 1.29 is 4.79 Å². The molecule has 0 aromatic heterocycles. The van der Waals surface area contributed by atoms with E-state index in [-0.39, 0.29) is 5.91 Å². The van der Waals surface area contributed by atoms with Gasteiger partial charge in [0.1, 0.15) is 0 Å². The number of amides is 1. The fourth-order valence-electron chi connectivity index (χ4n) is 2.13. The van der Waals surface area contributed by atoms with Crippen LogP contribution in [0.1, 0.15) is 29.6 Å². The minimum atomic E-state index is -0.0418. The summed E-state index contributed by atoms with van der Waals surface area (Å²) in [6.45, 7) is 1.81. The summed E-state index contributed by atoms with van der Waals surface area (Å²) in [5, 5.41) is 6.96. The van der Waals surface area contributed by atoms with Crippen LogP contribution in [0.15, 0.2) is 18.2 Å². The summed E-state index contributed by atoms with van der Waals surface area (Å²) in [6, 6.07) is 5.93. The molecule has 0 aliphatic carbocycles. The molecule has 0 unspecified atom stereocenters. The summed E-state index contributed by atoms with van der Waals surface area (Å²) in [6.07, 6.45) is 3.44. The zero-order valence-corrected chi connectivity index (χ0v) is 12.9. The molecule has 1 saturated heterocycles. The second-order valence-electron chi connectivity index (χ2n) is 4.46. The maximum absolute atomic E-state index is 12.0.